The second-order valence-electron chi connectivity index (χ2n) is 6.36. The standard InChI is InChI=1S/C19H19N5OS/c1-13-12-15-8-6-7-11-17(15)23(13)18(25)14(2)26-19-20-21-22-24(19)16-9-4-3-5-10-16/h3-11,13-14H,12H2,1-2H3/t13-,14-/m0/s1. The number of carbonyl (C=O) groups excluding carboxylic acids is 1. The second-order valence-corrected chi connectivity index (χ2v) is 7.67. The van der Waals surface area contributed by atoms with Crippen molar-refractivity contribution in [2.24, 2.45) is 0 Å². The van der Waals surface area contributed by atoms with Gasteiger partial charge in [0.15, 0.2) is 0 Å². The van der Waals surface area contributed by atoms with Gasteiger partial charge in [0.1, 0.15) is 0 Å². The van der Waals surface area contributed by atoms with Crippen LogP contribution in [-0.4, -0.2) is 37.4 Å². The number of hydrogen-bond acceptors (Lipinski definition) is 5. The Bertz CT molecular complexity index is 926. The number of nitrogens with zero attached hydrogens (tertiary/aromatic N) is 5. The highest BCUT2D eigenvalue weighted by atomic mass is 32.2. The van der Waals surface area contributed by atoms with Crippen LogP contribution in [-0.2, 0) is 11.2 Å². The van der Waals surface area contributed by atoms with Crippen LogP contribution in [0.2, 0.25) is 0 Å². The molecular weight excluding hydrogens is 346 g/mol. The number of tetrazole rings is 1. The lowest BCUT2D eigenvalue weighted by Crippen LogP contribution is -2.40. The molecule has 0 spiro atoms. The highest BCUT2D eigenvalue weighted by Crippen LogP contribution is 2.34. The summed E-state index contributed by atoms with van der Waals surface area (Å²) in [5.41, 5.74) is 3.11. The maximum absolute atomic E-state index is 13.1. The minimum Gasteiger partial charge on any atom is -0.308 e. The minimum atomic E-state index is -0.294. The average molecular weight is 365 g/mol. The van der Waals surface area contributed by atoms with Crippen molar-refractivity contribution < 1.29 is 4.79 Å². The Hall–Kier alpha value is -2.67. The van der Waals surface area contributed by atoms with Crippen LogP contribution < -0.4 is 4.90 Å². The SMILES string of the molecule is C[C@H](Sc1nnnn1-c1ccccc1)C(=O)N1c2ccccc2C[C@@H]1C. The number of rotatable bonds is 4. The van der Waals surface area contributed by atoms with Crippen LogP contribution in [0.1, 0.15) is 19.4 Å². The van der Waals surface area contributed by atoms with Gasteiger partial charge < -0.3 is 4.90 Å². The van der Waals surface area contributed by atoms with Gasteiger partial charge in [0.05, 0.1) is 10.9 Å². The molecule has 1 aromatic heterocycles. The third-order valence-electron chi connectivity index (χ3n) is 4.52. The molecule has 132 valence electrons. The molecular formula is C19H19N5OS. The van der Waals surface area contributed by atoms with E-state index in [1.807, 2.05) is 60.4 Å². The summed E-state index contributed by atoms with van der Waals surface area (Å²) in [6.45, 7) is 3.99. The summed E-state index contributed by atoms with van der Waals surface area (Å²) in [6.07, 6.45) is 0.890. The fraction of sp³-hybridized carbons (Fsp3) is 0.263. The lowest BCUT2D eigenvalue weighted by molar-refractivity contribution is -0.118. The van der Waals surface area contributed by atoms with Gasteiger partial charge in [0.2, 0.25) is 11.1 Å². The van der Waals surface area contributed by atoms with Crippen LogP contribution in [0.3, 0.4) is 0 Å². The molecule has 2 heterocycles. The molecule has 0 radical (unpaired) electrons. The van der Waals surface area contributed by atoms with E-state index in [1.165, 1.54) is 17.3 Å². The fourth-order valence-electron chi connectivity index (χ4n) is 3.29. The first kappa shape index (κ1) is 16.8. The molecule has 7 heteroatoms. The molecule has 1 aliphatic heterocycles. The van der Waals surface area contributed by atoms with Gasteiger partial charge in [-0.3, -0.25) is 4.79 Å². The van der Waals surface area contributed by atoms with E-state index in [-0.39, 0.29) is 17.2 Å². The van der Waals surface area contributed by atoms with E-state index in [2.05, 4.69) is 28.5 Å². The second kappa shape index (κ2) is 6.92. The van der Waals surface area contributed by atoms with Gasteiger partial charge in [0.25, 0.3) is 0 Å². The third kappa shape index (κ3) is 2.99. The third-order valence-corrected chi connectivity index (χ3v) is 5.54. The maximum Gasteiger partial charge on any atom is 0.240 e. The van der Waals surface area contributed by atoms with E-state index in [0.29, 0.717) is 5.16 Å². The molecule has 1 aliphatic rings. The van der Waals surface area contributed by atoms with E-state index in [4.69, 9.17) is 0 Å². The molecule has 0 saturated carbocycles. The van der Waals surface area contributed by atoms with Gasteiger partial charge in [-0.05, 0) is 54.5 Å². The first-order chi connectivity index (χ1) is 12.6. The van der Waals surface area contributed by atoms with E-state index >= 15 is 0 Å². The Morgan fingerprint density at radius 2 is 1.88 bits per heavy atom. The van der Waals surface area contributed by atoms with Crippen LogP contribution in [0.25, 0.3) is 5.69 Å². The number of benzene rings is 2. The molecule has 0 N–H and O–H groups in total. The van der Waals surface area contributed by atoms with Gasteiger partial charge in [-0.15, -0.1) is 5.10 Å². The Morgan fingerprint density at radius 3 is 2.69 bits per heavy atom. The van der Waals surface area contributed by atoms with Crippen molar-refractivity contribution >= 4 is 23.4 Å². The molecule has 6 nitrogen and oxygen atoms in total. The highest BCUT2D eigenvalue weighted by Gasteiger charge is 2.34. The van der Waals surface area contributed by atoms with Crippen molar-refractivity contribution in [1.29, 1.82) is 0 Å². The van der Waals surface area contributed by atoms with Crippen molar-refractivity contribution in [2.75, 3.05) is 4.90 Å². The van der Waals surface area contributed by atoms with Crippen LogP contribution in [0.5, 0.6) is 0 Å². The zero-order valence-corrected chi connectivity index (χ0v) is 15.4. The topological polar surface area (TPSA) is 63.9 Å². The molecule has 0 unspecified atom stereocenters. The van der Waals surface area contributed by atoms with Gasteiger partial charge in [-0.2, -0.15) is 4.68 Å². The summed E-state index contributed by atoms with van der Waals surface area (Å²) < 4.78 is 1.66. The van der Waals surface area contributed by atoms with Gasteiger partial charge in [-0.1, -0.05) is 48.2 Å². The molecule has 2 atom stereocenters. The molecule has 0 saturated heterocycles. The van der Waals surface area contributed by atoms with Crippen molar-refractivity contribution in [2.45, 2.75) is 36.7 Å². The van der Waals surface area contributed by atoms with Crippen molar-refractivity contribution in [3.05, 3.63) is 60.2 Å². The maximum atomic E-state index is 13.1. The highest BCUT2D eigenvalue weighted by molar-refractivity contribution is 8.00. The number of fused-ring (bicyclic) bond motifs is 1. The molecule has 2 aromatic carbocycles. The van der Waals surface area contributed by atoms with Crippen LogP contribution in [0.4, 0.5) is 5.69 Å². The van der Waals surface area contributed by atoms with Gasteiger partial charge >= 0.3 is 0 Å². The number of aromatic nitrogens is 4. The summed E-state index contributed by atoms with van der Waals surface area (Å²) in [7, 11) is 0. The first-order valence-electron chi connectivity index (χ1n) is 8.56. The summed E-state index contributed by atoms with van der Waals surface area (Å²) in [6, 6.07) is 17.9. The molecule has 0 aliphatic carbocycles. The summed E-state index contributed by atoms with van der Waals surface area (Å²) in [5.74, 6) is 0.0788. The fourth-order valence-corrected chi connectivity index (χ4v) is 4.15. The Balaban J connectivity index is 1.56. The number of hydrogen-bond donors (Lipinski definition) is 0. The van der Waals surface area contributed by atoms with E-state index in [1.54, 1.807) is 4.68 Å². The number of carbonyl (C=O) groups is 1. The lowest BCUT2D eigenvalue weighted by atomic mass is 10.1. The smallest absolute Gasteiger partial charge is 0.240 e. The zero-order valence-electron chi connectivity index (χ0n) is 14.6. The first-order valence-corrected chi connectivity index (χ1v) is 9.44. The van der Waals surface area contributed by atoms with Gasteiger partial charge in [0, 0.05) is 11.7 Å². The number of amides is 1. The summed E-state index contributed by atoms with van der Waals surface area (Å²) in [4.78, 5) is 15.0. The molecule has 0 bridgehead atoms. The zero-order chi connectivity index (χ0) is 18.1. The number of thioether (sulfide) groups is 1. The average Bonchev–Trinajstić information content (AvgIpc) is 3.25. The van der Waals surface area contributed by atoms with E-state index in [9.17, 15) is 4.79 Å². The molecule has 3 aromatic rings. The predicted octanol–water partition coefficient (Wildman–Crippen LogP) is 3.12. The van der Waals surface area contributed by atoms with Crippen LogP contribution >= 0.6 is 11.8 Å². The van der Waals surface area contributed by atoms with E-state index in [0.717, 1.165) is 17.8 Å². The van der Waals surface area contributed by atoms with E-state index < -0.39 is 0 Å². The molecule has 4 rings (SSSR count). The number of anilines is 1. The van der Waals surface area contributed by atoms with Crippen LogP contribution in [0.15, 0.2) is 59.8 Å². The Kier molecular flexibility index (Phi) is 4.46. The summed E-state index contributed by atoms with van der Waals surface area (Å²) >= 11 is 1.38. The van der Waals surface area contributed by atoms with Crippen LogP contribution in [0, 0.1) is 0 Å². The molecule has 1 amide bonds. The van der Waals surface area contributed by atoms with Crippen molar-refractivity contribution in [1.82, 2.24) is 20.2 Å². The van der Waals surface area contributed by atoms with Gasteiger partial charge in [-0.25, -0.2) is 0 Å². The Morgan fingerprint density at radius 1 is 1.15 bits per heavy atom. The monoisotopic (exact) mass is 365 g/mol. The molecule has 26 heavy (non-hydrogen) atoms. The lowest BCUT2D eigenvalue weighted by Gasteiger charge is -2.25. The molecule has 0 fully saturated rings. The number of para-hydroxylation sites is 2. The predicted molar refractivity (Wildman–Crippen MR) is 102 cm³/mol. The quantitative estimate of drug-likeness (QED) is 0.665. The largest absolute Gasteiger partial charge is 0.308 e. The Labute approximate surface area is 156 Å². The van der Waals surface area contributed by atoms with Crippen molar-refractivity contribution in [3.63, 3.8) is 0 Å². The normalized spacial score (nSPS) is 17.2. The van der Waals surface area contributed by atoms with Crippen molar-refractivity contribution in [3.8, 4) is 5.69 Å². The minimum absolute atomic E-state index is 0.0788. The summed E-state index contributed by atoms with van der Waals surface area (Å²) in [5, 5.41) is 12.2.